The molecule has 4 heteroatoms. The Morgan fingerprint density at radius 3 is 2.71 bits per heavy atom. The van der Waals surface area contributed by atoms with Crippen LogP contribution in [-0.2, 0) is 0 Å². The van der Waals surface area contributed by atoms with E-state index >= 15 is 0 Å². The van der Waals surface area contributed by atoms with Crippen molar-refractivity contribution < 1.29 is 0 Å². The zero-order valence-electron chi connectivity index (χ0n) is 12.7. The third-order valence-corrected chi connectivity index (χ3v) is 4.53. The molecule has 0 bridgehead atoms. The van der Waals surface area contributed by atoms with Crippen molar-refractivity contribution in [3.8, 4) is 0 Å². The minimum atomic E-state index is 0.314. The Kier molecular flexibility index (Phi) is 4.48. The number of likely N-dealkylation sites (N-methyl/N-ethyl adjacent to an activating group) is 1. The second-order valence-electron chi connectivity index (χ2n) is 5.68. The molecule has 1 saturated heterocycles. The Morgan fingerprint density at radius 2 is 2.00 bits per heavy atom. The molecular formula is C17H24N4. The van der Waals surface area contributed by atoms with Gasteiger partial charge in [-0.05, 0) is 30.3 Å². The molecule has 0 spiro atoms. The van der Waals surface area contributed by atoms with Gasteiger partial charge in [-0.25, -0.2) is 0 Å². The van der Waals surface area contributed by atoms with Crippen LogP contribution in [0.25, 0.3) is 10.9 Å². The maximum atomic E-state index is 6.08. The summed E-state index contributed by atoms with van der Waals surface area (Å²) in [6.45, 7) is 8.51. The maximum absolute atomic E-state index is 6.08. The summed E-state index contributed by atoms with van der Waals surface area (Å²) in [5.74, 6) is 0. The molecule has 2 N–H and O–H groups in total. The fourth-order valence-electron chi connectivity index (χ4n) is 3.19. The standard InChI is InChI=1S/C17H24N4/c1-2-20-8-10-21(11-9-20)17(13-18)15-5-6-16-14(12-15)4-3-7-19-16/h3-7,12,17H,2,8-11,13,18H2,1H3. The molecule has 1 aromatic heterocycles. The molecule has 0 amide bonds. The summed E-state index contributed by atoms with van der Waals surface area (Å²) >= 11 is 0. The summed E-state index contributed by atoms with van der Waals surface area (Å²) in [4.78, 5) is 9.40. The summed E-state index contributed by atoms with van der Waals surface area (Å²) in [7, 11) is 0. The third-order valence-electron chi connectivity index (χ3n) is 4.53. The van der Waals surface area contributed by atoms with Gasteiger partial charge in [-0.15, -0.1) is 0 Å². The van der Waals surface area contributed by atoms with E-state index in [1.54, 1.807) is 0 Å². The largest absolute Gasteiger partial charge is 0.329 e. The van der Waals surface area contributed by atoms with Gasteiger partial charge in [0.2, 0.25) is 0 Å². The highest BCUT2D eigenvalue weighted by Crippen LogP contribution is 2.24. The normalized spacial score (nSPS) is 19.0. The van der Waals surface area contributed by atoms with Crippen molar-refractivity contribution in [2.45, 2.75) is 13.0 Å². The Labute approximate surface area is 126 Å². The van der Waals surface area contributed by atoms with E-state index in [2.05, 4.69) is 46.0 Å². The molecule has 1 unspecified atom stereocenters. The van der Waals surface area contributed by atoms with Crippen LogP contribution in [0.15, 0.2) is 36.5 Å². The predicted molar refractivity (Wildman–Crippen MR) is 87.2 cm³/mol. The molecule has 21 heavy (non-hydrogen) atoms. The molecule has 2 aromatic rings. The van der Waals surface area contributed by atoms with Gasteiger partial charge in [-0.3, -0.25) is 9.88 Å². The van der Waals surface area contributed by atoms with Gasteiger partial charge in [0.15, 0.2) is 0 Å². The highest BCUT2D eigenvalue weighted by atomic mass is 15.3. The molecule has 4 nitrogen and oxygen atoms in total. The van der Waals surface area contributed by atoms with Crippen molar-refractivity contribution in [3.63, 3.8) is 0 Å². The predicted octanol–water partition coefficient (Wildman–Crippen LogP) is 1.87. The van der Waals surface area contributed by atoms with Gasteiger partial charge in [-0.2, -0.15) is 0 Å². The summed E-state index contributed by atoms with van der Waals surface area (Å²) in [5, 5.41) is 1.20. The Balaban J connectivity index is 1.81. The molecule has 0 radical (unpaired) electrons. The number of aromatic nitrogens is 1. The maximum Gasteiger partial charge on any atom is 0.0702 e. The molecule has 1 aliphatic rings. The first-order valence-electron chi connectivity index (χ1n) is 7.83. The van der Waals surface area contributed by atoms with Crippen LogP contribution >= 0.6 is 0 Å². The fraction of sp³-hybridized carbons (Fsp3) is 0.471. The number of nitrogens with two attached hydrogens (primary N) is 1. The number of pyridine rings is 1. The first-order valence-corrected chi connectivity index (χ1v) is 7.83. The molecule has 112 valence electrons. The smallest absolute Gasteiger partial charge is 0.0702 e. The molecule has 2 heterocycles. The number of hydrogen-bond donors (Lipinski definition) is 1. The van der Waals surface area contributed by atoms with Crippen LogP contribution < -0.4 is 5.73 Å². The summed E-state index contributed by atoms with van der Waals surface area (Å²) in [5.41, 5.74) is 8.43. The van der Waals surface area contributed by atoms with Gasteiger partial charge < -0.3 is 10.6 Å². The van der Waals surface area contributed by atoms with Crippen LogP contribution in [0.4, 0.5) is 0 Å². The van der Waals surface area contributed by atoms with Gasteiger partial charge in [0.1, 0.15) is 0 Å². The Morgan fingerprint density at radius 1 is 1.19 bits per heavy atom. The van der Waals surface area contributed by atoms with Gasteiger partial charge >= 0.3 is 0 Å². The summed E-state index contributed by atoms with van der Waals surface area (Å²) < 4.78 is 0. The highest BCUT2D eigenvalue weighted by molar-refractivity contribution is 5.79. The van der Waals surface area contributed by atoms with Crippen LogP contribution in [0, 0.1) is 0 Å². The van der Waals surface area contributed by atoms with Crippen LogP contribution in [0.3, 0.4) is 0 Å². The van der Waals surface area contributed by atoms with Crippen molar-refractivity contribution in [2.24, 2.45) is 5.73 Å². The van der Waals surface area contributed by atoms with E-state index in [0.717, 1.165) is 38.2 Å². The van der Waals surface area contributed by atoms with E-state index in [0.29, 0.717) is 12.6 Å². The molecule has 1 fully saturated rings. The van der Waals surface area contributed by atoms with E-state index in [9.17, 15) is 0 Å². The van der Waals surface area contributed by atoms with Gasteiger partial charge in [0, 0.05) is 50.3 Å². The highest BCUT2D eigenvalue weighted by Gasteiger charge is 2.23. The van der Waals surface area contributed by atoms with Crippen molar-refractivity contribution in [2.75, 3.05) is 39.3 Å². The van der Waals surface area contributed by atoms with E-state index in [1.807, 2.05) is 12.3 Å². The summed E-state index contributed by atoms with van der Waals surface area (Å²) in [6, 6.07) is 11.0. The monoisotopic (exact) mass is 284 g/mol. The van der Waals surface area contributed by atoms with E-state index in [-0.39, 0.29) is 0 Å². The molecule has 3 rings (SSSR count). The zero-order valence-corrected chi connectivity index (χ0v) is 12.7. The van der Waals surface area contributed by atoms with Gasteiger partial charge in [0.05, 0.1) is 5.52 Å². The SMILES string of the molecule is CCN1CCN(C(CN)c2ccc3ncccc3c2)CC1. The van der Waals surface area contributed by atoms with Gasteiger partial charge in [0.25, 0.3) is 0 Å². The lowest BCUT2D eigenvalue weighted by atomic mass is 10.0. The average Bonchev–Trinajstić information content (AvgIpc) is 2.56. The second-order valence-corrected chi connectivity index (χ2v) is 5.68. The zero-order chi connectivity index (χ0) is 14.7. The second kappa shape index (κ2) is 6.52. The van der Waals surface area contributed by atoms with Gasteiger partial charge in [-0.1, -0.05) is 19.1 Å². The van der Waals surface area contributed by atoms with E-state index in [1.165, 1.54) is 10.9 Å². The topological polar surface area (TPSA) is 45.4 Å². The Bertz CT molecular complexity index is 590. The molecule has 1 aromatic carbocycles. The van der Waals surface area contributed by atoms with Crippen molar-refractivity contribution in [1.82, 2.24) is 14.8 Å². The minimum absolute atomic E-state index is 0.314. The van der Waals surface area contributed by atoms with Crippen LogP contribution in [0.5, 0.6) is 0 Å². The lowest BCUT2D eigenvalue weighted by Gasteiger charge is -2.38. The number of hydrogen-bond acceptors (Lipinski definition) is 4. The Hall–Kier alpha value is -1.49. The number of benzene rings is 1. The van der Waals surface area contributed by atoms with Crippen molar-refractivity contribution >= 4 is 10.9 Å². The van der Waals surface area contributed by atoms with Crippen LogP contribution in [0.2, 0.25) is 0 Å². The van der Waals surface area contributed by atoms with Crippen LogP contribution in [-0.4, -0.2) is 54.1 Å². The van der Waals surface area contributed by atoms with E-state index in [4.69, 9.17) is 5.73 Å². The van der Waals surface area contributed by atoms with Crippen LogP contribution in [0.1, 0.15) is 18.5 Å². The third kappa shape index (κ3) is 3.07. The number of nitrogens with zero attached hydrogens (tertiary/aromatic N) is 3. The minimum Gasteiger partial charge on any atom is -0.329 e. The number of rotatable bonds is 4. The van der Waals surface area contributed by atoms with E-state index < -0.39 is 0 Å². The summed E-state index contributed by atoms with van der Waals surface area (Å²) in [6.07, 6.45) is 1.84. The molecule has 0 aliphatic carbocycles. The average molecular weight is 284 g/mol. The molecule has 1 atom stereocenters. The van der Waals surface area contributed by atoms with Crippen molar-refractivity contribution in [1.29, 1.82) is 0 Å². The molecular weight excluding hydrogens is 260 g/mol. The quantitative estimate of drug-likeness (QED) is 0.931. The lowest BCUT2D eigenvalue weighted by molar-refractivity contribution is 0.102. The number of piperazine rings is 1. The molecule has 0 saturated carbocycles. The van der Waals surface area contributed by atoms with Crippen molar-refractivity contribution in [3.05, 3.63) is 42.1 Å². The number of fused-ring (bicyclic) bond motifs is 1. The fourth-order valence-corrected chi connectivity index (χ4v) is 3.19. The lowest BCUT2D eigenvalue weighted by Crippen LogP contribution is -2.48. The molecule has 1 aliphatic heterocycles. The first kappa shape index (κ1) is 14.4. The first-order chi connectivity index (χ1) is 10.3.